The van der Waals surface area contributed by atoms with Crippen LogP contribution in [-0.2, 0) is 6.54 Å². The van der Waals surface area contributed by atoms with Gasteiger partial charge >= 0.3 is 0 Å². The van der Waals surface area contributed by atoms with E-state index >= 15 is 0 Å². The molecular weight excluding hydrogens is 185 g/mol. The molecule has 0 spiro atoms. The molecular formula is C9H8FN3O. The molecule has 0 saturated carbocycles. The number of hydrogen-bond donors (Lipinski definition) is 1. The standard InChI is InChI=1S/C9H8FN3O/c10-8-3-9(13-6-12-8)11-4-7-1-2-14-5-7/h1-3,5-6H,4H2,(H,11,12,13). The van der Waals surface area contributed by atoms with Crippen molar-refractivity contribution in [3.63, 3.8) is 0 Å². The fourth-order valence-electron chi connectivity index (χ4n) is 1.02. The first-order valence-corrected chi connectivity index (χ1v) is 4.07. The van der Waals surface area contributed by atoms with Crippen LogP contribution in [0.2, 0.25) is 0 Å². The number of nitrogens with zero attached hydrogens (tertiary/aromatic N) is 2. The summed E-state index contributed by atoms with van der Waals surface area (Å²) in [4.78, 5) is 7.19. The summed E-state index contributed by atoms with van der Waals surface area (Å²) < 4.78 is 17.5. The van der Waals surface area contributed by atoms with Gasteiger partial charge in [0.05, 0.1) is 12.5 Å². The summed E-state index contributed by atoms with van der Waals surface area (Å²) in [6, 6.07) is 3.06. The summed E-state index contributed by atoms with van der Waals surface area (Å²) in [7, 11) is 0. The van der Waals surface area contributed by atoms with Crippen LogP contribution in [0.1, 0.15) is 5.56 Å². The second-order valence-electron chi connectivity index (χ2n) is 2.71. The second kappa shape index (κ2) is 3.87. The van der Waals surface area contributed by atoms with Crippen molar-refractivity contribution in [2.24, 2.45) is 0 Å². The van der Waals surface area contributed by atoms with Crippen LogP contribution in [0.5, 0.6) is 0 Å². The zero-order valence-corrected chi connectivity index (χ0v) is 7.27. The molecule has 2 aromatic heterocycles. The third-order valence-electron chi connectivity index (χ3n) is 1.69. The first-order valence-electron chi connectivity index (χ1n) is 4.07. The van der Waals surface area contributed by atoms with Crippen LogP contribution in [0, 0.1) is 5.95 Å². The molecule has 4 nitrogen and oxygen atoms in total. The lowest BCUT2D eigenvalue weighted by molar-refractivity contribution is 0.564. The Kier molecular flexibility index (Phi) is 2.40. The Balaban J connectivity index is 1.98. The SMILES string of the molecule is Fc1cc(NCc2ccoc2)ncn1. The number of nitrogens with one attached hydrogen (secondary N) is 1. The Hall–Kier alpha value is -1.91. The number of furan rings is 1. The van der Waals surface area contributed by atoms with Gasteiger partial charge in [-0.3, -0.25) is 0 Å². The lowest BCUT2D eigenvalue weighted by Gasteiger charge is -2.01. The summed E-state index contributed by atoms with van der Waals surface area (Å²) in [5.41, 5.74) is 0.976. The van der Waals surface area contributed by atoms with Crippen molar-refractivity contribution in [3.05, 3.63) is 42.5 Å². The highest BCUT2D eigenvalue weighted by atomic mass is 19.1. The second-order valence-corrected chi connectivity index (χ2v) is 2.71. The molecule has 0 amide bonds. The quantitative estimate of drug-likeness (QED) is 0.755. The molecule has 72 valence electrons. The fourth-order valence-corrected chi connectivity index (χ4v) is 1.02. The normalized spacial score (nSPS) is 10.1. The van der Waals surface area contributed by atoms with E-state index < -0.39 is 5.95 Å². The maximum atomic E-state index is 12.6. The van der Waals surface area contributed by atoms with Crippen molar-refractivity contribution >= 4 is 5.82 Å². The Labute approximate surface area is 79.8 Å². The highest BCUT2D eigenvalue weighted by Crippen LogP contribution is 2.06. The Bertz CT molecular complexity index is 402. The molecule has 2 aromatic rings. The van der Waals surface area contributed by atoms with E-state index in [4.69, 9.17) is 4.42 Å². The summed E-state index contributed by atoms with van der Waals surface area (Å²) >= 11 is 0. The van der Waals surface area contributed by atoms with Crippen LogP contribution >= 0.6 is 0 Å². The minimum atomic E-state index is -0.547. The molecule has 0 unspecified atom stereocenters. The smallest absolute Gasteiger partial charge is 0.217 e. The monoisotopic (exact) mass is 193 g/mol. The zero-order valence-electron chi connectivity index (χ0n) is 7.27. The van der Waals surface area contributed by atoms with Gasteiger partial charge in [-0.15, -0.1) is 0 Å². The summed E-state index contributed by atoms with van der Waals surface area (Å²) in [6.07, 6.45) is 4.37. The number of rotatable bonds is 3. The van der Waals surface area contributed by atoms with Gasteiger partial charge in [-0.25, -0.2) is 9.97 Å². The average molecular weight is 193 g/mol. The lowest BCUT2D eigenvalue weighted by atomic mass is 10.3. The van der Waals surface area contributed by atoms with Crippen molar-refractivity contribution in [1.82, 2.24) is 9.97 Å². The lowest BCUT2D eigenvalue weighted by Crippen LogP contribution is -2.01. The zero-order chi connectivity index (χ0) is 9.80. The first kappa shape index (κ1) is 8.68. The topological polar surface area (TPSA) is 51.0 Å². The van der Waals surface area contributed by atoms with Gasteiger partial charge < -0.3 is 9.73 Å². The number of aromatic nitrogens is 2. The van der Waals surface area contributed by atoms with Crippen LogP contribution in [-0.4, -0.2) is 9.97 Å². The third-order valence-corrected chi connectivity index (χ3v) is 1.69. The van der Waals surface area contributed by atoms with E-state index in [9.17, 15) is 4.39 Å². The van der Waals surface area contributed by atoms with Gasteiger partial charge in [-0.1, -0.05) is 0 Å². The first-order chi connectivity index (χ1) is 6.84. The van der Waals surface area contributed by atoms with E-state index in [1.807, 2.05) is 6.07 Å². The van der Waals surface area contributed by atoms with Crippen LogP contribution < -0.4 is 5.32 Å². The molecule has 0 aliphatic heterocycles. The van der Waals surface area contributed by atoms with Crippen molar-refractivity contribution in [2.45, 2.75) is 6.54 Å². The van der Waals surface area contributed by atoms with Gasteiger partial charge in [-0.2, -0.15) is 4.39 Å². The summed E-state index contributed by atoms with van der Waals surface area (Å²) in [6.45, 7) is 0.549. The van der Waals surface area contributed by atoms with Crippen molar-refractivity contribution in [3.8, 4) is 0 Å². The molecule has 5 heteroatoms. The van der Waals surface area contributed by atoms with Crippen LogP contribution in [0.15, 0.2) is 35.4 Å². The minimum absolute atomic E-state index is 0.457. The molecule has 2 heterocycles. The molecule has 0 atom stereocenters. The molecule has 0 aliphatic rings. The largest absolute Gasteiger partial charge is 0.472 e. The summed E-state index contributed by atoms with van der Waals surface area (Å²) in [5.74, 6) is -0.0895. The van der Waals surface area contributed by atoms with Gasteiger partial charge in [-0.05, 0) is 6.07 Å². The van der Waals surface area contributed by atoms with Gasteiger partial charge in [0.1, 0.15) is 12.1 Å². The minimum Gasteiger partial charge on any atom is -0.472 e. The molecule has 0 aromatic carbocycles. The predicted octanol–water partition coefficient (Wildman–Crippen LogP) is 1.82. The van der Waals surface area contributed by atoms with E-state index in [2.05, 4.69) is 15.3 Å². The molecule has 0 aliphatic carbocycles. The highest BCUT2D eigenvalue weighted by Gasteiger charge is 1.98. The van der Waals surface area contributed by atoms with Crippen LogP contribution in [0.3, 0.4) is 0 Å². The molecule has 14 heavy (non-hydrogen) atoms. The highest BCUT2D eigenvalue weighted by molar-refractivity contribution is 5.33. The number of halogens is 1. The molecule has 1 N–H and O–H groups in total. The van der Waals surface area contributed by atoms with E-state index in [1.54, 1.807) is 12.5 Å². The van der Waals surface area contributed by atoms with Gasteiger partial charge in [0, 0.05) is 18.2 Å². The Morgan fingerprint density at radius 3 is 3.07 bits per heavy atom. The third kappa shape index (κ3) is 2.07. The fraction of sp³-hybridized carbons (Fsp3) is 0.111. The van der Waals surface area contributed by atoms with Gasteiger partial charge in [0.25, 0.3) is 0 Å². The number of hydrogen-bond acceptors (Lipinski definition) is 4. The van der Waals surface area contributed by atoms with Crippen molar-refractivity contribution in [2.75, 3.05) is 5.32 Å². The number of anilines is 1. The molecule has 0 saturated heterocycles. The molecule has 0 bridgehead atoms. The van der Waals surface area contributed by atoms with Crippen molar-refractivity contribution in [1.29, 1.82) is 0 Å². The van der Waals surface area contributed by atoms with E-state index in [0.29, 0.717) is 12.4 Å². The maximum Gasteiger partial charge on any atom is 0.217 e. The molecule has 2 rings (SSSR count). The maximum absolute atomic E-state index is 12.6. The predicted molar refractivity (Wildman–Crippen MR) is 48.0 cm³/mol. The van der Waals surface area contributed by atoms with Gasteiger partial charge in [0.2, 0.25) is 5.95 Å². The molecule has 0 radical (unpaired) electrons. The Morgan fingerprint density at radius 1 is 1.43 bits per heavy atom. The van der Waals surface area contributed by atoms with Crippen LogP contribution in [0.4, 0.5) is 10.2 Å². The Morgan fingerprint density at radius 2 is 2.36 bits per heavy atom. The van der Waals surface area contributed by atoms with E-state index in [1.165, 1.54) is 12.4 Å². The van der Waals surface area contributed by atoms with Gasteiger partial charge in [0.15, 0.2) is 0 Å². The van der Waals surface area contributed by atoms with E-state index in [-0.39, 0.29) is 0 Å². The van der Waals surface area contributed by atoms with Crippen LogP contribution in [0.25, 0.3) is 0 Å². The average Bonchev–Trinajstić information content (AvgIpc) is 2.67. The van der Waals surface area contributed by atoms with E-state index in [0.717, 1.165) is 5.56 Å². The summed E-state index contributed by atoms with van der Waals surface area (Å²) in [5, 5.41) is 2.94. The molecule has 0 fully saturated rings. The van der Waals surface area contributed by atoms with Crippen molar-refractivity contribution < 1.29 is 8.81 Å².